The summed E-state index contributed by atoms with van der Waals surface area (Å²) in [5.41, 5.74) is 1.01. The van der Waals surface area contributed by atoms with Crippen LogP contribution in [-0.4, -0.2) is 30.9 Å². The Bertz CT molecular complexity index is 601. The number of carbonyl (C=O) groups excluding carboxylic acids is 1. The van der Waals surface area contributed by atoms with E-state index in [-0.39, 0.29) is 5.97 Å². The summed E-state index contributed by atoms with van der Waals surface area (Å²) in [6.07, 6.45) is 0. The molecular weight excluding hydrogens is 304 g/mol. The van der Waals surface area contributed by atoms with Gasteiger partial charge in [0.1, 0.15) is 4.34 Å². The molecule has 2 rings (SSSR count). The minimum Gasteiger partial charge on any atom is -0.467 e. The molecule has 112 valence electrons. The van der Waals surface area contributed by atoms with E-state index >= 15 is 0 Å². The normalized spacial score (nSPS) is 13.7. The quantitative estimate of drug-likeness (QED) is 0.655. The van der Waals surface area contributed by atoms with Crippen molar-refractivity contribution in [2.24, 2.45) is 0 Å². The summed E-state index contributed by atoms with van der Waals surface area (Å²) in [7, 11) is 3.19. The minimum absolute atomic E-state index is 0.294. The second-order valence-electron chi connectivity index (χ2n) is 4.56. The van der Waals surface area contributed by atoms with E-state index in [1.54, 1.807) is 30.1 Å². The Hall–Kier alpha value is -1.37. The van der Waals surface area contributed by atoms with Crippen LogP contribution in [0.5, 0.6) is 0 Å². The van der Waals surface area contributed by atoms with E-state index in [1.165, 1.54) is 7.11 Å². The van der Waals surface area contributed by atoms with Gasteiger partial charge in [0.25, 0.3) is 0 Å². The van der Waals surface area contributed by atoms with Crippen molar-refractivity contribution in [3.8, 4) is 0 Å². The lowest BCUT2D eigenvalue weighted by Crippen LogP contribution is -2.50. The maximum Gasteiger partial charge on any atom is 0.331 e. The molecule has 0 bridgehead atoms. The number of thiazole rings is 1. The van der Waals surface area contributed by atoms with Gasteiger partial charge in [-0.3, -0.25) is 0 Å². The number of nitrogens with zero attached hydrogens (tertiary/aromatic N) is 1. The number of esters is 1. The molecule has 0 aliphatic rings. The Morgan fingerprint density at radius 3 is 2.67 bits per heavy atom. The highest BCUT2D eigenvalue weighted by atomic mass is 32.2. The van der Waals surface area contributed by atoms with Crippen molar-refractivity contribution in [3.05, 3.63) is 47.0 Å². The summed E-state index contributed by atoms with van der Waals surface area (Å²) in [5, 5.41) is 5.15. The highest BCUT2D eigenvalue weighted by Crippen LogP contribution is 2.32. The van der Waals surface area contributed by atoms with Crippen molar-refractivity contribution >= 4 is 29.1 Å². The maximum atomic E-state index is 12.4. The molecule has 1 atom stereocenters. The molecule has 1 heterocycles. The van der Waals surface area contributed by atoms with Crippen LogP contribution in [0, 0.1) is 6.92 Å². The molecule has 1 aromatic carbocycles. The third kappa shape index (κ3) is 3.45. The van der Waals surface area contributed by atoms with Gasteiger partial charge in [0.2, 0.25) is 0 Å². The number of nitrogens with one attached hydrogen (secondary N) is 1. The van der Waals surface area contributed by atoms with Gasteiger partial charge in [-0.15, -0.1) is 11.3 Å². The molecule has 0 aliphatic carbocycles. The van der Waals surface area contributed by atoms with E-state index in [0.717, 1.165) is 15.6 Å². The van der Waals surface area contributed by atoms with Crippen LogP contribution in [-0.2, 0) is 15.1 Å². The third-order valence-electron chi connectivity index (χ3n) is 3.24. The van der Waals surface area contributed by atoms with Crippen molar-refractivity contribution in [3.63, 3.8) is 0 Å². The van der Waals surface area contributed by atoms with Gasteiger partial charge in [-0.1, -0.05) is 42.1 Å². The molecule has 0 aliphatic heterocycles. The van der Waals surface area contributed by atoms with Crippen LogP contribution < -0.4 is 5.32 Å². The van der Waals surface area contributed by atoms with Gasteiger partial charge >= 0.3 is 5.97 Å². The summed E-state index contributed by atoms with van der Waals surface area (Å²) in [6.45, 7) is 1.96. The average Bonchev–Trinajstić information content (AvgIpc) is 2.94. The van der Waals surface area contributed by atoms with Crippen LogP contribution in [0.2, 0.25) is 0 Å². The molecule has 0 radical (unpaired) electrons. The minimum atomic E-state index is -0.875. The first-order chi connectivity index (χ1) is 10.1. The molecule has 0 amide bonds. The standard InChI is InChI=1S/C15H18N2O2S2/c1-11-9-20-14(17-11)21-10-15(16-2,13(18)19-3)12-7-5-4-6-8-12/h4-9,16H,10H2,1-3H3. The first-order valence-electron chi connectivity index (χ1n) is 6.50. The maximum absolute atomic E-state index is 12.4. The van der Waals surface area contributed by atoms with Crippen LogP contribution in [0.15, 0.2) is 40.1 Å². The van der Waals surface area contributed by atoms with Crippen molar-refractivity contribution in [2.75, 3.05) is 19.9 Å². The van der Waals surface area contributed by atoms with Crippen molar-refractivity contribution in [1.29, 1.82) is 0 Å². The highest BCUT2D eigenvalue weighted by Gasteiger charge is 2.40. The van der Waals surface area contributed by atoms with E-state index in [4.69, 9.17) is 4.74 Å². The number of aromatic nitrogens is 1. The molecular formula is C15H18N2O2S2. The highest BCUT2D eigenvalue weighted by molar-refractivity contribution is 8.01. The lowest BCUT2D eigenvalue weighted by atomic mass is 9.92. The van der Waals surface area contributed by atoms with Gasteiger partial charge in [0.15, 0.2) is 5.54 Å². The summed E-state index contributed by atoms with van der Waals surface area (Å²) in [6, 6.07) is 9.63. The number of hydrogen-bond donors (Lipinski definition) is 1. The van der Waals surface area contributed by atoms with Crippen molar-refractivity contribution in [2.45, 2.75) is 16.8 Å². The van der Waals surface area contributed by atoms with Crippen LogP contribution in [0.1, 0.15) is 11.3 Å². The summed E-state index contributed by atoms with van der Waals surface area (Å²) in [5.74, 6) is 0.227. The number of thioether (sulfide) groups is 1. The number of ether oxygens (including phenoxy) is 1. The van der Waals surface area contributed by atoms with Crippen LogP contribution in [0.3, 0.4) is 0 Å². The zero-order valence-electron chi connectivity index (χ0n) is 12.3. The molecule has 1 aromatic heterocycles. The molecule has 2 aromatic rings. The van der Waals surface area contributed by atoms with Crippen LogP contribution >= 0.6 is 23.1 Å². The molecule has 6 heteroatoms. The third-order valence-corrected chi connectivity index (χ3v) is 5.55. The summed E-state index contributed by atoms with van der Waals surface area (Å²) in [4.78, 5) is 16.8. The largest absolute Gasteiger partial charge is 0.467 e. The molecule has 21 heavy (non-hydrogen) atoms. The first-order valence-corrected chi connectivity index (χ1v) is 8.36. The monoisotopic (exact) mass is 322 g/mol. The van der Waals surface area contributed by atoms with Gasteiger partial charge < -0.3 is 10.1 Å². The SMILES string of the molecule is CNC(CSc1nc(C)cs1)(C(=O)OC)c1ccccc1. The first kappa shape index (κ1) is 16.0. The molecule has 4 nitrogen and oxygen atoms in total. The van der Waals surface area contributed by atoms with Crippen molar-refractivity contribution in [1.82, 2.24) is 10.3 Å². The number of likely N-dealkylation sites (N-methyl/N-ethyl adjacent to an activating group) is 1. The number of methoxy groups -OCH3 is 1. The topological polar surface area (TPSA) is 51.2 Å². The van der Waals surface area contributed by atoms with E-state index in [9.17, 15) is 4.79 Å². The zero-order valence-corrected chi connectivity index (χ0v) is 13.9. The molecule has 1 N–H and O–H groups in total. The van der Waals surface area contributed by atoms with Gasteiger partial charge in [-0.2, -0.15) is 0 Å². The van der Waals surface area contributed by atoms with E-state index in [1.807, 2.05) is 42.6 Å². The van der Waals surface area contributed by atoms with E-state index < -0.39 is 5.54 Å². The lowest BCUT2D eigenvalue weighted by Gasteiger charge is -2.30. The van der Waals surface area contributed by atoms with E-state index in [0.29, 0.717) is 5.75 Å². The fourth-order valence-electron chi connectivity index (χ4n) is 2.04. The van der Waals surface area contributed by atoms with Crippen molar-refractivity contribution < 1.29 is 9.53 Å². The number of benzene rings is 1. The number of hydrogen-bond acceptors (Lipinski definition) is 6. The number of carbonyl (C=O) groups is 1. The Balaban J connectivity index is 2.29. The predicted octanol–water partition coefficient (Wildman–Crippen LogP) is 2.83. The fourth-order valence-corrected chi connectivity index (χ4v) is 4.14. The fraction of sp³-hybridized carbons (Fsp3) is 0.333. The second kappa shape index (κ2) is 7.06. The summed E-state index contributed by atoms with van der Waals surface area (Å²) >= 11 is 3.14. The predicted molar refractivity (Wildman–Crippen MR) is 86.8 cm³/mol. The second-order valence-corrected chi connectivity index (χ2v) is 6.64. The molecule has 0 spiro atoms. The zero-order chi connectivity index (χ0) is 15.3. The molecule has 0 saturated carbocycles. The Kier molecular flexibility index (Phi) is 5.39. The van der Waals surface area contributed by atoms with Gasteiger partial charge in [-0.05, 0) is 19.5 Å². The summed E-state index contributed by atoms with van der Waals surface area (Å²) < 4.78 is 5.97. The van der Waals surface area contributed by atoms with Crippen LogP contribution in [0.25, 0.3) is 0 Å². The molecule has 0 saturated heterocycles. The Morgan fingerprint density at radius 1 is 1.43 bits per heavy atom. The van der Waals surface area contributed by atoms with E-state index in [2.05, 4.69) is 10.3 Å². The Morgan fingerprint density at radius 2 is 2.14 bits per heavy atom. The number of aryl methyl sites for hydroxylation is 1. The van der Waals surface area contributed by atoms with Crippen LogP contribution in [0.4, 0.5) is 0 Å². The lowest BCUT2D eigenvalue weighted by molar-refractivity contribution is -0.147. The molecule has 0 fully saturated rings. The average molecular weight is 322 g/mol. The molecule has 1 unspecified atom stereocenters. The smallest absolute Gasteiger partial charge is 0.331 e. The van der Waals surface area contributed by atoms with Gasteiger partial charge in [-0.25, -0.2) is 9.78 Å². The number of rotatable bonds is 6. The van der Waals surface area contributed by atoms with Gasteiger partial charge in [0, 0.05) is 16.8 Å². The Labute approximate surface area is 132 Å². The van der Waals surface area contributed by atoms with Gasteiger partial charge in [0.05, 0.1) is 7.11 Å².